The second-order valence-corrected chi connectivity index (χ2v) is 6.34. The number of amides is 1. The van der Waals surface area contributed by atoms with Gasteiger partial charge in [0.2, 0.25) is 5.91 Å². The highest BCUT2D eigenvalue weighted by Gasteiger charge is 2.23. The Kier molecular flexibility index (Phi) is 7.24. The maximum absolute atomic E-state index is 12.1. The standard InChI is InChI=1S/C17H30N2O2/c20-13-12-19(16-8-4-5-9-16)14-17(21)18-11-10-15-6-2-1-3-7-15/h6,16,20H,1-5,7-14H2,(H,18,21). The molecular formula is C17H30N2O2. The second-order valence-electron chi connectivity index (χ2n) is 6.34. The van der Waals surface area contributed by atoms with Crippen LogP contribution < -0.4 is 5.32 Å². The Morgan fingerprint density at radius 2 is 2.10 bits per heavy atom. The topological polar surface area (TPSA) is 52.6 Å². The normalized spacial score (nSPS) is 19.8. The summed E-state index contributed by atoms with van der Waals surface area (Å²) in [5, 5.41) is 12.2. The lowest BCUT2D eigenvalue weighted by molar-refractivity contribution is -0.122. The SMILES string of the molecule is O=C(CN(CCO)C1CCCC1)NCCC1=CCCCC1. The highest BCUT2D eigenvalue weighted by atomic mass is 16.3. The maximum Gasteiger partial charge on any atom is 0.234 e. The molecule has 0 aromatic carbocycles. The molecular weight excluding hydrogens is 264 g/mol. The second kappa shape index (κ2) is 9.21. The molecule has 0 bridgehead atoms. The molecule has 4 nitrogen and oxygen atoms in total. The number of carbonyl (C=O) groups excluding carboxylic acids is 1. The molecule has 1 amide bonds. The van der Waals surface area contributed by atoms with Gasteiger partial charge in [-0.1, -0.05) is 24.5 Å². The first kappa shape index (κ1) is 16.5. The van der Waals surface area contributed by atoms with Crippen molar-refractivity contribution >= 4 is 5.91 Å². The minimum Gasteiger partial charge on any atom is -0.395 e. The molecule has 2 aliphatic rings. The molecule has 2 rings (SSSR count). The van der Waals surface area contributed by atoms with Crippen LogP contribution >= 0.6 is 0 Å². The van der Waals surface area contributed by atoms with Crippen LogP contribution in [0.2, 0.25) is 0 Å². The van der Waals surface area contributed by atoms with Gasteiger partial charge in [0.05, 0.1) is 13.2 Å². The van der Waals surface area contributed by atoms with Gasteiger partial charge in [-0.3, -0.25) is 9.69 Å². The van der Waals surface area contributed by atoms with E-state index in [0.29, 0.717) is 19.1 Å². The maximum atomic E-state index is 12.1. The fourth-order valence-corrected chi connectivity index (χ4v) is 3.52. The number of carbonyl (C=O) groups is 1. The average molecular weight is 294 g/mol. The fourth-order valence-electron chi connectivity index (χ4n) is 3.52. The Bertz CT molecular complexity index is 349. The fraction of sp³-hybridized carbons (Fsp3) is 0.824. The van der Waals surface area contributed by atoms with Gasteiger partial charge in [-0.2, -0.15) is 0 Å². The largest absolute Gasteiger partial charge is 0.395 e. The third-order valence-corrected chi connectivity index (χ3v) is 4.73. The van der Waals surface area contributed by atoms with Crippen molar-refractivity contribution in [3.05, 3.63) is 11.6 Å². The van der Waals surface area contributed by atoms with E-state index in [-0.39, 0.29) is 12.5 Å². The van der Waals surface area contributed by atoms with E-state index in [4.69, 9.17) is 0 Å². The van der Waals surface area contributed by atoms with Gasteiger partial charge in [-0.15, -0.1) is 0 Å². The molecule has 0 aromatic rings. The van der Waals surface area contributed by atoms with E-state index in [1.165, 1.54) is 56.9 Å². The Morgan fingerprint density at radius 3 is 2.76 bits per heavy atom. The van der Waals surface area contributed by atoms with Crippen LogP contribution in [0.15, 0.2) is 11.6 Å². The van der Waals surface area contributed by atoms with E-state index in [9.17, 15) is 9.90 Å². The smallest absolute Gasteiger partial charge is 0.234 e. The van der Waals surface area contributed by atoms with Crippen LogP contribution in [0.4, 0.5) is 0 Å². The molecule has 0 aromatic heterocycles. The summed E-state index contributed by atoms with van der Waals surface area (Å²) >= 11 is 0. The zero-order valence-electron chi connectivity index (χ0n) is 13.1. The number of allylic oxidation sites excluding steroid dienone is 1. The first-order valence-corrected chi connectivity index (χ1v) is 8.59. The van der Waals surface area contributed by atoms with E-state index in [1.807, 2.05) is 0 Å². The highest BCUT2D eigenvalue weighted by molar-refractivity contribution is 5.78. The van der Waals surface area contributed by atoms with Gasteiger partial charge in [0.1, 0.15) is 0 Å². The van der Waals surface area contributed by atoms with Crippen LogP contribution in [0.1, 0.15) is 57.8 Å². The molecule has 120 valence electrons. The number of aliphatic hydroxyl groups excluding tert-OH is 1. The van der Waals surface area contributed by atoms with Gasteiger partial charge in [0.15, 0.2) is 0 Å². The van der Waals surface area contributed by atoms with Gasteiger partial charge in [0, 0.05) is 19.1 Å². The lowest BCUT2D eigenvalue weighted by atomic mass is 9.97. The predicted octanol–water partition coefficient (Wildman–Crippen LogP) is 2.23. The molecule has 0 atom stereocenters. The van der Waals surface area contributed by atoms with E-state index in [1.54, 1.807) is 0 Å². The molecule has 1 saturated carbocycles. The van der Waals surface area contributed by atoms with Gasteiger partial charge >= 0.3 is 0 Å². The van der Waals surface area contributed by atoms with Crippen molar-refractivity contribution in [2.45, 2.75) is 63.8 Å². The molecule has 2 N–H and O–H groups in total. The number of nitrogens with one attached hydrogen (secondary N) is 1. The van der Waals surface area contributed by atoms with Crippen molar-refractivity contribution in [3.63, 3.8) is 0 Å². The van der Waals surface area contributed by atoms with Crippen LogP contribution in [0.3, 0.4) is 0 Å². The van der Waals surface area contributed by atoms with Crippen LogP contribution in [-0.2, 0) is 4.79 Å². The summed E-state index contributed by atoms with van der Waals surface area (Å²) < 4.78 is 0. The Labute approximate surface area is 128 Å². The van der Waals surface area contributed by atoms with Gasteiger partial charge < -0.3 is 10.4 Å². The summed E-state index contributed by atoms with van der Waals surface area (Å²) in [5.41, 5.74) is 1.50. The summed E-state index contributed by atoms with van der Waals surface area (Å²) in [4.78, 5) is 14.2. The van der Waals surface area contributed by atoms with E-state index in [2.05, 4.69) is 16.3 Å². The lowest BCUT2D eigenvalue weighted by Crippen LogP contribution is -2.43. The van der Waals surface area contributed by atoms with Crippen LogP contribution in [0, 0.1) is 0 Å². The van der Waals surface area contributed by atoms with Gasteiger partial charge in [-0.05, 0) is 44.9 Å². The van der Waals surface area contributed by atoms with E-state index >= 15 is 0 Å². The number of nitrogens with zero attached hydrogens (tertiary/aromatic N) is 1. The first-order chi connectivity index (χ1) is 10.3. The molecule has 4 heteroatoms. The molecule has 0 aliphatic heterocycles. The minimum absolute atomic E-state index is 0.103. The molecule has 1 fully saturated rings. The number of hydrogen-bond donors (Lipinski definition) is 2. The molecule has 21 heavy (non-hydrogen) atoms. The zero-order valence-corrected chi connectivity index (χ0v) is 13.1. The van der Waals surface area contributed by atoms with Crippen molar-refractivity contribution in [1.82, 2.24) is 10.2 Å². The Hall–Kier alpha value is -0.870. The van der Waals surface area contributed by atoms with Crippen molar-refractivity contribution in [3.8, 4) is 0 Å². The first-order valence-electron chi connectivity index (χ1n) is 8.59. The van der Waals surface area contributed by atoms with Gasteiger partial charge in [0.25, 0.3) is 0 Å². The molecule has 0 radical (unpaired) electrons. The lowest BCUT2D eigenvalue weighted by Gasteiger charge is -2.27. The molecule has 0 spiro atoms. The predicted molar refractivity (Wildman–Crippen MR) is 85.1 cm³/mol. The number of aliphatic hydroxyl groups is 1. The average Bonchev–Trinajstić information content (AvgIpc) is 3.02. The van der Waals surface area contributed by atoms with E-state index < -0.39 is 0 Å². The number of rotatable bonds is 8. The van der Waals surface area contributed by atoms with Crippen molar-refractivity contribution in [1.29, 1.82) is 0 Å². The third kappa shape index (κ3) is 5.79. The molecule has 0 unspecified atom stereocenters. The van der Waals surface area contributed by atoms with Crippen LogP contribution in [-0.4, -0.2) is 48.2 Å². The van der Waals surface area contributed by atoms with Crippen molar-refractivity contribution in [2.75, 3.05) is 26.2 Å². The van der Waals surface area contributed by atoms with E-state index in [0.717, 1.165) is 13.0 Å². The highest BCUT2D eigenvalue weighted by Crippen LogP contribution is 2.23. The minimum atomic E-state index is 0.103. The Balaban J connectivity index is 1.67. The molecule has 0 saturated heterocycles. The summed E-state index contributed by atoms with van der Waals surface area (Å²) in [7, 11) is 0. The summed E-state index contributed by atoms with van der Waals surface area (Å²) in [5.74, 6) is 0.103. The number of hydrogen-bond acceptors (Lipinski definition) is 3. The summed E-state index contributed by atoms with van der Waals surface area (Å²) in [6, 6.07) is 0.490. The van der Waals surface area contributed by atoms with Crippen LogP contribution in [0.25, 0.3) is 0 Å². The van der Waals surface area contributed by atoms with Gasteiger partial charge in [-0.25, -0.2) is 0 Å². The quantitative estimate of drug-likeness (QED) is 0.675. The molecule has 2 aliphatic carbocycles. The zero-order chi connectivity index (χ0) is 14.9. The summed E-state index contributed by atoms with van der Waals surface area (Å²) in [6.07, 6.45) is 13.2. The monoisotopic (exact) mass is 294 g/mol. The third-order valence-electron chi connectivity index (χ3n) is 4.73. The van der Waals surface area contributed by atoms with Crippen molar-refractivity contribution < 1.29 is 9.90 Å². The van der Waals surface area contributed by atoms with Crippen molar-refractivity contribution in [2.24, 2.45) is 0 Å². The summed E-state index contributed by atoms with van der Waals surface area (Å²) in [6.45, 7) is 1.94. The van der Waals surface area contributed by atoms with Crippen LogP contribution in [0.5, 0.6) is 0 Å². The molecule has 0 heterocycles. The Morgan fingerprint density at radius 1 is 1.29 bits per heavy atom.